The van der Waals surface area contributed by atoms with Crippen molar-refractivity contribution in [2.45, 2.75) is 13.0 Å². The minimum absolute atomic E-state index is 0.409. The van der Waals surface area contributed by atoms with E-state index in [1.54, 1.807) is 23.5 Å². The van der Waals surface area contributed by atoms with Gasteiger partial charge in [-0.15, -0.1) is 0 Å². The van der Waals surface area contributed by atoms with Crippen LogP contribution in [0, 0.1) is 0 Å². The summed E-state index contributed by atoms with van der Waals surface area (Å²) in [4.78, 5) is 13.3. The Bertz CT molecular complexity index is 537. The molecule has 19 heavy (non-hydrogen) atoms. The molecule has 0 aliphatic carbocycles. The van der Waals surface area contributed by atoms with E-state index in [2.05, 4.69) is 28.8 Å². The van der Waals surface area contributed by atoms with Gasteiger partial charge in [-0.05, 0) is 47.5 Å². The molecule has 2 aromatic rings. The Morgan fingerprint density at radius 1 is 1.32 bits per heavy atom. The van der Waals surface area contributed by atoms with Gasteiger partial charge in [-0.25, -0.2) is 4.79 Å². The number of thiophene rings is 1. The number of hydrogen-bond donors (Lipinski definition) is 1. The second-order valence-electron chi connectivity index (χ2n) is 4.58. The molecule has 1 heterocycles. The highest BCUT2D eigenvalue weighted by Crippen LogP contribution is 2.12. The summed E-state index contributed by atoms with van der Waals surface area (Å²) >= 11 is 1.70. The van der Waals surface area contributed by atoms with E-state index in [0.717, 1.165) is 25.1 Å². The maximum Gasteiger partial charge on any atom is 0.335 e. The van der Waals surface area contributed by atoms with Crippen LogP contribution in [-0.2, 0) is 13.0 Å². The lowest BCUT2D eigenvalue weighted by molar-refractivity contribution is 0.0695. The van der Waals surface area contributed by atoms with Crippen LogP contribution < -0.4 is 0 Å². The zero-order chi connectivity index (χ0) is 13.7. The van der Waals surface area contributed by atoms with Crippen LogP contribution in [0.25, 0.3) is 0 Å². The van der Waals surface area contributed by atoms with E-state index in [9.17, 15) is 4.79 Å². The van der Waals surface area contributed by atoms with Crippen molar-refractivity contribution in [2.75, 3.05) is 13.6 Å². The quantitative estimate of drug-likeness (QED) is 0.880. The van der Waals surface area contributed by atoms with Gasteiger partial charge in [0.15, 0.2) is 0 Å². The van der Waals surface area contributed by atoms with E-state index in [4.69, 9.17) is 5.11 Å². The van der Waals surface area contributed by atoms with Crippen LogP contribution in [0.1, 0.15) is 21.5 Å². The Kier molecular flexibility index (Phi) is 4.71. The molecule has 0 aliphatic heterocycles. The third kappa shape index (κ3) is 3.91. The van der Waals surface area contributed by atoms with Gasteiger partial charge in [-0.2, -0.15) is 11.3 Å². The van der Waals surface area contributed by atoms with Crippen molar-refractivity contribution in [1.29, 1.82) is 0 Å². The maximum atomic E-state index is 11.1. The molecule has 0 spiro atoms. The Hall–Kier alpha value is -1.65. The molecule has 0 atom stereocenters. The van der Waals surface area contributed by atoms with Gasteiger partial charge < -0.3 is 10.0 Å². The molecule has 0 radical (unpaired) electrons. The lowest BCUT2D eigenvalue weighted by atomic mass is 10.0. The molecule has 4 heteroatoms. The van der Waals surface area contributed by atoms with Crippen molar-refractivity contribution in [3.05, 3.63) is 57.8 Å². The topological polar surface area (TPSA) is 40.5 Å². The number of hydrogen-bond acceptors (Lipinski definition) is 3. The molecule has 1 N–H and O–H groups in total. The molecule has 0 unspecified atom stereocenters. The monoisotopic (exact) mass is 275 g/mol. The first kappa shape index (κ1) is 13.8. The Morgan fingerprint density at radius 2 is 2.11 bits per heavy atom. The number of carboxylic acid groups (broad SMARTS) is 1. The zero-order valence-electron chi connectivity index (χ0n) is 10.9. The van der Waals surface area contributed by atoms with E-state index >= 15 is 0 Å². The highest BCUT2D eigenvalue weighted by Gasteiger charge is 2.09. The van der Waals surface area contributed by atoms with Crippen LogP contribution in [0.3, 0.4) is 0 Å². The number of carbonyl (C=O) groups is 1. The second kappa shape index (κ2) is 6.50. The summed E-state index contributed by atoms with van der Waals surface area (Å²) < 4.78 is 0. The van der Waals surface area contributed by atoms with Gasteiger partial charge in [0, 0.05) is 13.1 Å². The molecule has 1 aromatic heterocycles. The van der Waals surface area contributed by atoms with Crippen molar-refractivity contribution >= 4 is 17.3 Å². The maximum absolute atomic E-state index is 11.1. The number of likely N-dealkylation sites (N-methyl/N-ethyl adjacent to an activating group) is 1. The average molecular weight is 275 g/mol. The van der Waals surface area contributed by atoms with E-state index < -0.39 is 5.97 Å². The van der Waals surface area contributed by atoms with Crippen molar-refractivity contribution in [2.24, 2.45) is 0 Å². The number of aromatic carboxylic acids is 1. The van der Waals surface area contributed by atoms with Gasteiger partial charge in [0.25, 0.3) is 0 Å². The van der Waals surface area contributed by atoms with Crippen LogP contribution in [0.2, 0.25) is 0 Å². The van der Waals surface area contributed by atoms with Gasteiger partial charge in [-0.3, -0.25) is 0 Å². The number of benzene rings is 1. The lowest BCUT2D eigenvalue weighted by Gasteiger charge is -2.16. The Morgan fingerprint density at radius 3 is 2.79 bits per heavy atom. The molecular weight excluding hydrogens is 258 g/mol. The first-order valence-corrected chi connectivity index (χ1v) is 7.12. The largest absolute Gasteiger partial charge is 0.478 e. The standard InChI is InChI=1S/C15H17NO2S/c1-16(10-12-7-9-19-11-12)8-6-13-4-2-3-5-14(13)15(17)18/h2-5,7,9,11H,6,8,10H2,1H3,(H,17,18). The third-order valence-electron chi connectivity index (χ3n) is 3.04. The Balaban J connectivity index is 1.93. The lowest BCUT2D eigenvalue weighted by Crippen LogP contribution is -2.21. The summed E-state index contributed by atoms with van der Waals surface area (Å²) in [6.07, 6.45) is 0.753. The van der Waals surface area contributed by atoms with E-state index in [0.29, 0.717) is 5.56 Å². The minimum Gasteiger partial charge on any atom is -0.478 e. The van der Waals surface area contributed by atoms with Crippen LogP contribution in [0.4, 0.5) is 0 Å². The number of nitrogens with zero attached hydrogens (tertiary/aromatic N) is 1. The molecule has 3 nitrogen and oxygen atoms in total. The molecule has 0 saturated heterocycles. The second-order valence-corrected chi connectivity index (χ2v) is 5.36. The van der Waals surface area contributed by atoms with E-state index in [-0.39, 0.29) is 0 Å². The predicted octanol–water partition coefficient (Wildman–Crippen LogP) is 3.12. The fourth-order valence-corrected chi connectivity index (χ4v) is 2.69. The number of carboxylic acids is 1. The van der Waals surface area contributed by atoms with Gasteiger partial charge in [0.1, 0.15) is 0 Å². The minimum atomic E-state index is -0.851. The summed E-state index contributed by atoms with van der Waals surface area (Å²) in [6.45, 7) is 1.75. The van der Waals surface area contributed by atoms with Crippen molar-refractivity contribution < 1.29 is 9.90 Å². The van der Waals surface area contributed by atoms with Gasteiger partial charge in [-0.1, -0.05) is 18.2 Å². The van der Waals surface area contributed by atoms with Gasteiger partial charge >= 0.3 is 5.97 Å². The first-order valence-electron chi connectivity index (χ1n) is 6.17. The molecule has 0 bridgehead atoms. The molecule has 100 valence electrons. The zero-order valence-corrected chi connectivity index (χ0v) is 11.7. The van der Waals surface area contributed by atoms with Crippen molar-refractivity contribution in [1.82, 2.24) is 4.90 Å². The van der Waals surface area contributed by atoms with Crippen LogP contribution >= 0.6 is 11.3 Å². The molecule has 2 rings (SSSR count). The third-order valence-corrected chi connectivity index (χ3v) is 3.78. The summed E-state index contributed by atoms with van der Waals surface area (Å²) in [5, 5.41) is 13.3. The fourth-order valence-electron chi connectivity index (χ4n) is 2.03. The summed E-state index contributed by atoms with van der Waals surface area (Å²) in [5.41, 5.74) is 2.61. The summed E-state index contributed by atoms with van der Waals surface area (Å²) in [6, 6.07) is 9.33. The molecule has 0 fully saturated rings. The van der Waals surface area contributed by atoms with Crippen LogP contribution in [0.5, 0.6) is 0 Å². The first-order chi connectivity index (χ1) is 9.16. The Labute approximate surface area is 117 Å². The van der Waals surface area contributed by atoms with Gasteiger partial charge in [0.2, 0.25) is 0 Å². The molecule has 0 aliphatic rings. The fraction of sp³-hybridized carbons (Fsp3) is 0.267. The molecule has 1 aromatic carbocycles. The normalized spacial score (nSPS) is 10.8. The SMILES string of the molecule is CN(CCc1ccccc1C(=O)O)Cc1ccsc1. The summed E-state index contributed by atoms with van der Waals surface area (Å²) in [7, 11) is 2.06. The van der Waals surface area contributed by atoms with Crippen molar-refractivity contribution in [3.63, 3.8) is 0 Å². The highest BCUT2D eigenvalue weighted by molar-refractivity contribution is 7.07. The van der Waals surface area contributed by atoms with E-state index in [1.807, 2.05) is 12.1 Å². The molecule has 0 amide bonds. The van der Waals surface area contributed by atoms with Gasteiger partial charge in [0.05, 0.1) is 5.56 Å². The van der Waals surface area contributed by atoms with E-state index in [1.165, 1.54) is 5.56 Å². The van der Waals surface area contributed by atoms with Crippen LogP contribution in [0.15, 0.2) is 41.1 Å². The van der Waals surface area contributed by atoms with Crippen LogP contribution in [-0.4, -0.2) is 29.6 Å². The smallest absolute Gasteiger partial charge is 0.335 e. The summed E-state index contributed by atoms with van der Waals surface area (Å²) in [5.74, 6) is -0.851. The molecule has 0 saturated carbocycles. The number of rotatable bonds is 6. The molecular formula is C15H17NO2S. The highest BCUT2D eigenvalue weighted by atomic mass is 32.1. The van der Waals surface area contributed by atoms with Crippen molar-refractivity contribution in [3.8, 4) is 0 Å². The average Bonchev–Trinajstić information content (AvgIpc) is 2.89. The predicted molar refractivity (Wildman–Crippen MR) is 77.8 cm³/mol.